The Labute approximate surface area is 162 Å². The highest BCUT2D eigenvalue weighted by Gasteiger charge is 2.31. The Morgan fingerprint density at radius 2 is 2.15 bits per heavy atom. The van der Waals surface area contributed by atoms with Gasteiger partial charge in [0.2, 0.25) is 5.91 Å². The average Bonchev–Trinajstić information content (AvgIpc) is 3.16. The van der Waals surface area contributed by atoms with Gasteiger partial charge in [-0.15, -0.1) is 0 Å². The van der Waals surface area contributed by atoms with Crippen molar-refractivity contribution >= 4 is 5.91 Å². The molecule has 2 N–H and O–H groups in total. The Kier molecular flexibility index (Phi) is 7.67. The molecule has 152 valence electrons. The Morgan fingerprint density at radius 3 is 2.85 bits per heavy atom. The molecule has 2 aliphatic heterocycles. The van der Waals surface area contributed by atoms with Gasteiger partial charge in [0, 0.05) is 51.6 Å². The highest BCUT2D eigenvalue weighted by Crippen LogP contribution is 2.24. The van der Waals surface area contributed by atoms with Crippen LogP contribution >= 0.6 is 0 Å². The SMILES string of the molecule is CCc1cc(CN2CCC(N3CCC[C@H](C(=O)NCCOC)C3)CC2)[nH]n1. The fourth-order valence-electron chi connectivity index (χ4n) is 4.33. The zero-order chi connectivity index (χ0) is 19.1. The van der Waals surface area contributed by atoms with Crippen LogP contribution in [0.4, 0.5) is 0 Å². The van der Waals surface area contributed by atoms with Crippen LogP contribution in [0, 0.1) is 5.92 Å². The fourth-order valence-corrected chi connectivity index (χ4v) is 4.33. The van der Waals surface area contributed by atoms with E-state index in [1.54, 1.807) is 7.11 Å². The maximum absolute atomic E-state index is 12.4. The number of aromatic amines is 1. The molecular formula is C20H35N5O2. The molecular weight excluding hydrogens is 342 g/mol. The molecule has 2 saturated heterocycles. The number of aryl methyl sites for hydroxylation is 1. The van der Waals surface area contributed by atoms with Crippen molar-refractivity contribution in [2.24, 2.45) is 5.92 Å². The van der Waals surface area contributed by atoms with E-state index in [0.717, 1.165) is 57.7 Å². The van der Waals surface area contributed by atoms with Gasteiger partial charge in [0.1, 0.15) is 0 Å². The van der Waals surface area contributed by atoms with E-state index in [-0.39, 0.29) is 11.8 Å². The van der Waals surface area contributed by atoms with Gasteiger partial charge in [-0.3, -0.25) is 19.7 Å². The smallest absolute Gasteiger partial charge is 0.224 e. The van der Waals surface area contributed by atoms with E-state index in [1.807, 2.05) is 0 Å². The fraction of sp³-hybridized carbons (Fsp3) is 0.800. The molecule has 2 fully saturated rings. The van der Waals surface area contributed by atoms with E-state index in [2.05, 4.69) is 38.3 Å². The monoisotopic (exact) mass is 377 g/mol. The van der Waals surface area contributed by atoms with E-state index in [1.165, 1.54) is 18.5 Å². The molecule has 0 spiro atoms. The van der Waals surface area contributed by atoms with E-state index in [9.17, 15) is 4.79 Å². The van der Waals surface area contributed by atoms with Crippen LogP contribution in [0.25, 0.3) is 0 Å². The summed E-state index contributed by atoms with van der Waals surface area (Å²) < 4.78 is 5.02. The van der Waals surface area contributed by atoms with Crippen LogP contribution in [-0.2, 0) is 22.5 Å². The molecule has 7 heteroatoms. The minimum Gasteiger partial charge on any atom is -0.383 e. The first kappa shape index (κ1) is 20.3. The molecule has 1 amide bonds. The summed E-state index contributed by atoms with van der Waals surface area (Å²) in [6, 6.07) is 2.80. The second-order valence-electron chi connectivity index (χ2n) is 7.86. The number of piperidine rings is 2. The molecule has 1 aromatic heterocycles. The van der Waals surface area contributed by atoms with Crippen molar-refractivity contribution in [2.75, 3.05) is 46.4 Å². The minimum atomic E-state index is 0.131. The van der Waals surface area contributed by atoms with Crippen molar-refractivity contribution in [3.63, 3.8) is 0 Å². The molecule has 2 aliphatic rings. The number of rotatable bonds is 8. The first-order chi connectivity index (χ1) is 13.2. The van der Waals surface area contributed by atoms with Gasteiger partial charge in [-0.2, -0.15) is 5.10 Å². The molecule has 0 bridgehead atoms. The van der Waals surface area contributed by atoms with E-state index in [4.69, 9.17) is 4.74 Å². The van der Waals surface area contributed by atoms with E-state index >= 15 is 0 Å². The Morgan fingerprint density at radius 1 is 1.33 bits per heavy atom. The molecule has 0 radical (unpaired) electrons. The molecule has 1 aromatic rings. The lowest BCUT2D eigenvalue weighted by atomic mass is 9.93. The molecule has 0 aliphatic carbocycles. The van der Waals surface area contributed by atoms with Crippen LogP contribution in [0.15, 0.2) is 6.07 Å². The first-order valence-electron chi connectivity index (χ1n) is 10.5. The number of ether oxygens (including phenoxy) is 1. The van der Waals surface area contributed by atoms with Crippen molar-refractivity contribution in [3.8, 4) is 0 Å². The predicted molar refractivity (Wildman–Crippen MR) is 105 cm³/mol. The number of methoxy groups -OCH3 is 1. The summed E-state index contributed by atoms with van der Waals surface area (Å²) in [5, 5.41) is 10.5. The number of aromatic nitrogens is 2. The summed E-state index contributed by atoms with van der Waals surface area (Å²) in [7, 11) is 1.66. The van der Waals surface area contributed by atoms with Crippen molar-refractivity contribution in [2.45, 2.75) is 51.6 Å². The Balaban J connectivity index is 1.42. The van der Waals surface area contributed by atoms with E-state index < -0.39 is 0 Å². The molecule has 1 atom stereocenters. The van der Waals surface area contributed by atoms with Crippen LogP contribution in [0.1, 0.15) is 44.0 Å². The molecule has 0 saturated carbocycles. The largest absolute Gasteiger partial charge is 0.383 e. The summed E-state index contributed by atoms with van der Waals surface area (Å²) in [5.41, 5.74) is 2.36. The number of amides is 1. The van der Waals surface area contributed by atoms with Crippen molar-refractivity contribution in [1.82, 2.24) is 25.3 Å². The molecule has 27 heavy (non-hydrogen) atoms. The topological polar surface area (TPSA) is 73.5 Å². The summed E-state index contributed by atoms with van der Waals surface area (Å²) in [5.74, 6) is 0.325. The van der Waals surface area contributed by atoms with Gasteiger partial charge >= 0.3 is 0 Å². The maximum Gasteiger partial charge on any atom is 0.224 e. The zero-order valence-electron chi connectivity index (χ0n) is 16.9. The number of hydrogen-bond donors (Lipinski definition) is 2. The normalized spacial score (nSPS) is 22.8. The third-order valence-corrected chi connectivity index (χ3v) is 5.94. The maximum atomic E-state index is 12.4. The van der Waals surface area contributed by atoms with Gasteiger partial charge in [-0.05, 0) is 44.7 Å². The molecule has 0 aromatic carbocycles. The third kappa shape index (κ3) is 5.77. The lowest BCUT2D eigenvalue weighted by molar-refractivity contribution is -0.127. The van der Waals surface area contributed by atoms with E-state index in [0.29, 0.717) is 19.2 Å². The molecule has 0 unspecified atom stereocenters. The summed E-state index contributed by atoms with van der Waals surface area (Å²) in [4.78, 5) is 17.5. The highest BCUT2D eigenvalue weighted by atomic mass is 16.5. The van der Waals surface area contributed by atoms with Gasteiger partial charge < -0.3 is 10.1 Å². The number of carbonyl (C=O) groups excluding carboxylic acids is 1. The van der Waals surface area contributed by atoms with Crippen LogP contribution in [0.3, 0.4) is 0 Å². The van der Waals surface area contributed by atoms with Gasteiger partial charge in [-0.25, -0.2) is 0 Å². The minimum absolute atomic E-state index is 0.131. The zero-order valence-corrected chi connectivity index (χ0v) is 16.9. The lowest BCUT2D eigenvalue weighted by Crippen LogP contribution is -2.50. The van der Waals surface area contributed by atoms with Crippen LogP contribution < -0.4 is 5.32 Å². The Hall–Kier alpha value is -1.44. The quantitative estimate of drug-likeness (QED) is 0.670. The predicted octanol–water partition coefficient (Wildman–Crippen LogP) is 1.41. The van der Waals surface area contributed by atoms with Crippen molar-refractivity contribution in [1.29, 1.82) is 0 Å². The first-order valence-corrected chi connectivity index (χ1v) is 10.5. The third-order valence-electron chi connectivity index (χ3n) is 5.94. The number of likely N-dealkylation sites (tertiary alicyclic amines) is 2. The molecule has 7 nitrogen and oxygen atoms in total. The number of carbonyl (C=O) groups is 1. The summed E-state index contributed by atoms with van der Waals surface area (Å²) in [6.07, 6.45) is 5.48. The van der Waals surface area contributed by atoms with Gasteiger partial charge in [0.25, 0.3) is 0 Å². The number of nitrogens with zero attached hydrogens (tertiary/aromatic N) is 3. The van der Waals surface area contributed by atoms with Gasteiger partial charge in [-0.1, -0.05) is 6.92 Å². The summed E-state index contributed by atoms with van der Waals surface area (Å²) >= 11 is 0. The van der Waals surface area contributed by atoms with Crippen LogP contribution in [0.5, 0.6) is 0 Å². The lowest BCUT2D eigenvalue weighted by Gasteiger charge is -2.42. The van der Waals surface area contributed by atoms with Crippen molar-refractivity contribution in [3.05, 3.63) is 17.5 Å². The standard InChI is InChI=1S/C20H35N5O2/c1-3-17-13-18(23-22-17)15-24-10-6-19(7-11-24)25-9-4-5-16(14-25)20(26)21-8-12-27-2/h13,16,19H,3-12,14-15H2,1-2H3,(H,21,26)(H,22,23)/t16-/m0/s1. The number of hydrogen-bond acceptors (Lipinski definition) is 5. The van der Waals surface area contributed by atoms with Gasteiger partial charge in [0.15, 0.2) is 0 Å². The van der Waals surface area contributed by atoms with Crippen LogP contribution in [-0.4, -0.2) is 78.4 Å². The van der Waals surface area contributed by atoms with Crippen molar-refractivity contribution < 1.29 is 9.53 Å². The average molecular weight is 378 g/mol. The molecule has 3 rings (SSSR count). The highest BCUT2D eigenvalue weighted by molar-refractivity contribution is 5.78. The second-order valence-corrected chi connectivity index (χ2v) is 7.86. The number of H-pyrrole nitrogens is 1. The van der Waals surface area contributed by atoms with Gasteiger partial charge in [0.05, 0.1) is 18.2 Å². The molecule has 3 heterocycles. The van der Waals surface area contributed by atoms with Crippen LogP contribution in [0.2, 0.25) is 0 Å². The summed E-state index contributed by atoms with van der Waals surface area (Å²) in [6.45, 7) is 8.56. The second kappa shape index (κ2) is 10.2. The number of nitrogens with one attached hydrogen (secondary N) is 2. The Bertz CT molecular complexity index is 583.